The maximum atomic E-state index is 12.2. The molecule has 5 heterocycles. The van der Waals surface area contributed by atoms with Crippen molar-refractivity contribution in [1.82, 2.24) is 29.6 Å². The zero-order chi connectivity index (χ0) is 23.8. The number of anilines is 3. The number of H-pyrrole nitrogens is 1. The summed E-state index contributed by atoms with van der Waals surface area (Å²) in [5.74, 6) is 1.88. The van der Waals surface area contributed by atoms with E-state index in [9.17, 15) is 4.79 Å². The number of aromatic nitrogens is 5. The lowest BCUT2D eigenvalue weighted by atomic mass is 10.0. The van der Waals surface area contributed by atoms with E-state index in [1.165, 1.54) is 24.5 Å². The number of rotatable bonds is 7. The van der Waals surface area contributed by atoms with Crippen LogP contribution in [0.2, 0.25) is 0 Å². The molecule has 1 aliphatic carbocycles. The van der Waals surface area contributed by atoms with Gasteiger partial charge in [-0.3, -0.25) is 9.48 Å². The van der Waals surface area contributed by atoms with Crippen LogP contribution in [0.5, 0.6) is 0 Å². The summed E-state index contributed by atoms with van der Waals surface area (Å²) in [6.45, 7) is 6.59. The highest BCUT2D eigenvalue weighted by atomic mass is 16.5. The van der Waals surface area contributed by atoms with Crippen LogP contribution in [0.3, 0.4) is 0 Å². The molecule has 3 aromatic heterocycles. The van der Waals surface area contributed by atoms with E-state index >= 15 is 0 Å². The van der Waals surface area contributed by atoms with Crippen molar-refractivity contribution < 1.29 is 9.53 Å². The molecule has 0 bridgehead atoms. The van der Waals surface area contributed by atoms with E-state index in [0.29, 0.717) is 24.5 Å². The lowest BCUT2D eigenvalue weighted by Gasteiger charge is -2.33. The van der Waals surface area contributed by atoms with Crippen LogP contribution in [-0.4, -0.2) is 67.9 Å². The molecule has 1 saturated carbocycles. The Labute approximate surface area is 204 Å². The number of hydrogen-bond donors (Lipinski definition) is 3. The number of nitrogens with one attached hydrogen (secondary N) is 3. The van der Waals surface area contributed by atoms with Gasteiger partial charge in [-0.15, -0.1) is 0 Å². The number of ether oxygens (including phenoxy) is 1. The molecule has 10 nitrogen and oxygen atoms in total. The van der Waals surface area contributed by atoms with Crippen molar-refractivity contribution in [2.75, 3.05) is 36.9 Å². The van der Waals surface area contributed by atoms with Crippen molar-refractivity contribution in [3.8, 4) is 0 Å². The van der Waals surface area contributed by atoms with E-state index in [1.54, 1.807) is 0 Å². The highest BCUT2D eigenvalue weighted by Crippen LogP contribution is 2.44. The smallest absolute Gasteiger partial charge is 0.246 e. The number of piperidine rings is 1. The molecule has 2 saturated heterocycles. The second kappa shape index (κ2) is 9.33. The van der Waals surface area contributed by atoms with Gasteiger partial charge in [0.2, 0.25) is 11.9 Å². The maximum absolute atomic E-state index is 12.2. The molecule has 3 aliphatic rings. The minimum Gasteiger partial charge on any atom is -0.381 e. The number of carbonyl (C=O) groups excluding carboxylic acids is 1. The Hall–Kier alpha value is -3.40. The third kappa shape index (κ3) is 4.62. The number of likely N-dealkylation sites (tertiary alicyclic amines) is 1. The van der Waals surface area contributed by atoms with E-state index in [-0.39, 0.29) is 11.9 Å². The quantitative estimate of drug-likeness (QED) is 0.446. The van der Waals surface area contributed by atoms with Gasteiger partial charge in [-0.05, 0) is 56.1 Å². The van der Waals surface area contributed by atoms with Crippen molar-refractivity contribution >= 4 is 34.4 Å². The van der Waals surface area contributed by atoms with Crippen molar-refractivity contribution in [3.05, 3.63) is 36.8 Å². The van der Waals surface area contributed by atoms with E-state index in [4.69, 9.17) is 14.7 Å². The zero-order valence-electron chi connectivity index (χ0n) is 19.9. The highest BCUT2D eigenvalue weighted by molar-refractivity contribution is 5.92. The molecule has 3 N–H and O–H groups in total. The molecule has 0 radical (unpaired) electrons. The molecule has 1 unspecified atom stereocenters. The Bertz CT molecular complexity index is 1220. The molecule has 0 spiro atoms. The monoisotopic (exact) mass is 476 g/mol. The van der Waals surface area contributed by atoms with Gasteiger partial charge in [0.15, 0.2) is 0 Å². The van der Waals surface area contributed by atoms with Gasteiger partial charge in [-0.2, -0.15) is 15.1 Å². The topological polar surface area (TPSA) is 113 Å². The van der Waals surface area contributed by atoms with Gasteiger partial charge in [0.1, 0.15) is 11.5 Å². The highest BCUT2D eigenvalue weighted by Gasteiger charge is 2.30. The molecule has 35 heavy (non-hydrogen) atoms. The first kappa shape index (κ1) is 22.1. The summed E-state index contributed by atoms with van der Waals surface area (Å²) < 4.78 is 7.49. The Balaban J connectivity index is 1.27. The SMILES string of the molecule is C=CC(=O)N1CCCC(Nc2nc(Nc3cnn(C4CCOCC4)c3)nc3[nH]cc(C4CC4)c23)C1. The number of fused-ring (bicyclic) bond motifs is 1. The number of aromatic amines is 1. The van der Waals surface area contributed by atoms with Crippen LogP contribution in [0, 0.1) is 0 Å². The van der Waals surface area contributed by atoms with Gasteiger partial charge >= 0.3 is 0 Å². The van der Waals surface area contributed by atoms with Crippen molar-refractivity contribution in [2.24, 2.45) is 0 Å². The molecule has 3 fully saturated rings. The second-order valence-electron chi connectivity index (χ2n) is 9.79. The summed E-state index contributed by atoms with van der Waals surface area (Å²) in [6, 6.07) is 0.480. The van der Waals surface area contributed by atoms with E-state index < -0.39 is 0 Å². The Morgan fingerprint density at radius 1 is 1.20 bits per heavy atom. The summed E-state index contributed by atoms with van der Waals surface area (Å²) in [7, 11) is 0. The second-order valence-corrected chi connectivity index (χ2v) is 9.79. The maximum Gasteiger partial charge on any atom is 0.246 e. The van der Waals surface area contributed by atoms with Crippen LogP contribution < -0.4 is 10.6 Å². The molecule has 10 heteroatoms. The number of amides is 1. The minimum absolute atomic E-state index is 0.0199. The van der Waals surface area contributed by atoms with Gasteiger partial charge in [0.25, 0.3) is 0 Å². The first-order valence-corrected chi connectivity index (χ1v) is 12.6. The van der Waals surface area contributed by atoms with Crippen LogP contribution in [0.25, 0.3) is 11.0 Å². The molecule has 1 atom stereocenters. The van der Waals surface area contributed by atoms with Crippen LogP contribution in [0.1, 0.15) is 56.0 Å². The fourth-order valence-corrected chi connectivity index (χ4v) is 5.23. The standard InChI is InChI=1S/C25H32N8O2/c1-2-21(34)32-9-3-4-17(14-32)28-24-22-20(16-5-6-16)13-26-23(22)30-25(31-24)29-18-12-27-33(15-18)19-7-10-35-11-8-19/h2,12-13,15-17,19H,1,3-11,14H2,(H3,26,28,29,30,31). The average Bonchev–Trinajstić information content (AvgIpc) is 3.47. The normalized spacial score (nSPS) is 21.3. The molecule has 184 valence electrons. The van der Waals surface area contributed by atoms with Crippen LogP contribution >= 0.6 is 0 Å². The minimum atomic E-state index is -0.0199. The lowest BCUT2D eigenvalue weighted by Crippen LogP contribution is -2.44. The molecule has 6 rings (SSSR count). The average molecular weight is 477 g/mol. The van der Waals surface area contributed by atoms with Gasteiger partial charge in [-0.25, -0.2) is 0 Å². The van der Waals surface area contributed by atoms with Crippen LogP contribution in [0.15, 0.2) is 31.2 Å². The fraction of sp³-hybridized carbons (Fsp3) is 0.520. The summed E-state index contributed by atoms with van der Waals surface area (Å²) in [6.07, 6.45) is 13.6. The molecule has 2 aliphatic heterocycles. The fourth-order valence-electron chi connectivity index (χ4n) is 5.23. The van der Waals surface area contributed by atoms with Crippen molar-refractivity contribution in [2.45, 2.75) is 56.5 Å². The van der Waals surface area contributed by atoms with E-state index in [1.807, 2.05) is 22.0 Å². The van der Waals surface area contributed by atoms with E-state index in [2.05, 4.69) is 33.5 Å². The Morgan fingerprint density at radius 2 is 2.06 bits per heavy atom. The number of hydrogen-bond acceptors (Lipinski definition) is 7. The van der Waals surface area contributed by atoms with Gasteiger partial charge in [-0.1, -0.05) is 6.58 Å². The van der Waals surface area contributed by atoms with Gasteiger partial charge < -0.3 is 25.3 Å². The molecule has 1 amide bonds. The predicted octanol–water partition coefficient (Wildman–Crippen LogP) is 3.72. The molecular formula is C25H32N8O2. The van der Waals surface area contributed by atoms with Gasteiger partial charge in [0, 0.05) is 44.7 Å². The lowest BCUT2D eigenvalue weighted by molar-refractivity contribution is -0.127. The Morgan fingerprint density at radius 3 is 2.86 bits per heavy atom. The van der Waals surface area contributed by atoms with Crippen molar-refractivity contribution in [1.29, 1.82) is 0 Å². The summed E-state index contributed by atoms with van der Waals surface area (Å²) >= 11 is 0. The van der Waals surface area contributed by atoms with Crippen LogP contribution in [0.4, 0.5) is 17.5 Å². The first-order valence-electron chi connectivity index (χ1n) is 12.6. The summed E-state index contributed by atoms with van der Waals surface area (Å²) in [5.41, 5.74) is 2.95. The van der Waals surface area contributed by atoms with E-state index in [0.717, 1.165) is 68.0 Å². The predicted molar refractivity (Wildman–Crippen MR) is 134 cm³/mol. The molecule has 3 aromatic rings. The third-order valence-corrected chi connectivity index (χ3v) is 7.25. The largest absolute Gasteiger partial charge is 0.381 e. The first-order chi connectivity index (χ1) is 17.2. The summed E-state index contributed by atoms with van der Waals surface area (Å²) in [4.78, 5) is 27.1. The van der Waals surface area contributed by atoms with Gasteiger partial charge in [0.05, 0.1) is 23.3 Å². The third-order valence-electron chi connectivity index (χ3n) is 7.25. The number of carbonyl (C=O) groups is 1. The zero-order valence-corrected chi connectivity index (χ0v) is 19.9. The number of nitrogens with zero attached hydrogens (tertiary/aromatic N) is 5. The molecule has 0 aromatic carbocycles. The van der Waals surface area contributed by atoms with Crippen LogP contribution in [-0.2, 0) is 9.53 Å². The van der Waals surface area contributed by atoms with Crippen molar-refractivity contribution in [3.63, 3.8) is 0 Å². The Kier molecular flexibility index (Phi) is 5.89. The summed E-state index contributed by atoms with van der Waals surface area (Å²) in [5, 5.41) is 12.6. The molecular weight excluding hydrogens is 444 g/mol.